The Morgan fingerprint density at radius 1 is 1.33 bits per heavy atom. The van der Waals surface area contributed by atoms with Crippen molar-refractivity contribution in [2.24, 2.45) is 5.84 Å². The maximum absolute atomic E-state index is 5.72. The number of hydrazine groups is 1. The summed E-state index contributed by atoms with van der Waals surface area (Å²) in [5.41, 5.74) is 3.45. The van der Waals surface area contributed by atoms with E-state index < -0.39 is 0 Å². The quantitative estimate of drug-likeness (QED) is 0.603. The van der Waals surface area contributed by atoms with Gasteiger partial charge in [0.25, 0.3) is 0 Å². The van der Waals surface area contributed by atoms with Crippen LogP contribution in [0.1, 0.15) is 25.2 Å². The number of nitrogens with zero attached hydrogens (tertiary/aromatic N) is 3. The predicted octanol–water partition coefficient (Wildman–Crippen LogP) is 0.994. The van der Waals surface area contributed by atoms with Gasteiger partial charge in [0.1, 0.15) is 17.5 Å². The zero-order valence-electron chi connectivity index (χ0n) is 11.4. The molecule has 0 atom stereocenters. The Morgan fingerprint density at radius 3 is 2.67 bits per heavy atom. The maximum Gasteiger partial charge on any atom is 0.148 e. The summed E-state index contributed by atoms with van der Waals surface area (Å²) >= 11 is 0. The van der Waals surface area contributed by atoms with Crippen LogP contribution < -0.4 is 16.2 Å². The fourth-order valence-corrected chi connectivity index (χ4v) is 2.26. The normalized spacial score (nSPS) is 18.8. The summed E-state index contributed by atoms with van der Waals surface area (Å²) in [7, 11) is 0. The van der Waals surface area contributed by atoms with Crippen molar-refractivity contribution in [3.63, 3.8) is 0 Å². The number of ether oxygens (including phenoxy) is 1. The van der Waals surface area contributed by atoms with Crippen molar-refractivity contribution in [2.75, 3.05) is 30.0 Å². The molecule has 6 heteroatoms. The van der Waals surface area contributed by atoms with Gasteiger partial charge in [-0.1, -0.05) is 0 Å². The highest BCUT2D eigenvalue weighted by Gasteiger charge is 2.29. The SMILES string of the molecule is Cc1nc(NN)c(C)c(N2CCOC(C)(C)C2)n1. The third-order valence-corrected chi connectivity index (χ3v) is 3.09. The van der Waals surface area contributed by atoms with Crippen LogP contribution in [-0.4, -0.2) is 35.3 Å². The maximum atomic E-state index is 5.72. The Hall–Kier alpha value is -1.40. The first-order valence-corrected chi connectivity index (χ1v) is 6.14. The lowest BCUT2D eigenvalue weighted by Crippen LogP contribution is -2.49. The molecule has 1 saturated heterocycles. The van der Waals surface area contributed by atoms with Crippen LogP contribution in [0.15, 0.2) is 0 Å². The van der Waals surface area contributed by atoms with Crippen molar-refractivity contribution in [3.8, 4) is 0 Å². The number of nitrogens with two attached hydrogens (primary N) is 1. The zero-order chi connectivity index (χ0) is 13.3. The number of hydrogen-bond acceptors (Lipinski definition) is 6. The average Bonchev–Trinajstić information content (AvgIpc) is 2.30. The third kappa shape index (κ3) is 2.54. The van der Waals surface area contributed by atoms with Crippen molar-refractivity contribution < 1.29 is 4.74 Å². The van der Waals surface area contributed by atoms with Gasteiger partial charge in [0.15, 0.2) is 0 Å². The molecular weight excluding hydrogens is 230 g/mol. The fourth-order valence-electron chi connectivity index (χ4n) is 2.26. The average molecular weight is 251 g/mol. The van der Waals surface area contributed by atoms with Crippen molar-refractivity contribution in [3.05, 3.63) is 11.4 Å². The van der Waals surface area contributed by atoms with Gasteiger partial charge in [-0.05, 0) is 27.7 Å². The van der Waals surface area contributed by atoms with Gasteiger partial charge in [0, 0.05) is 18.7 Å². The molecule has 0 aliphatic carbocycles. The molecule has 1 aliphatic rings. The van der Waals surface area contributed by atoms with Gasteiger partial charge in [0.05, 0.1) is 12.2 Å². The molecule has 0 saturated carbocycles. The van der Waals surface area contributed by atoms with Crippen molar-refractivity contribution in [1.29, 1.82) is 0 Å². The second kappa shape index (κ2) is 4.70. The van der Waals surface area contributed by atoms with Gasteiger partial charge < -0.3 is 15.1 Å². The van der Waals surface area contributed by atoms with Crippen molar-refractivity contribution >= 4 is 11.6 Å². The van der Waals surface area contributed by atoms with Crippen LogP contribution in [0.5, 0.6) is 0 Å². The molecule has 0 radical (unpaired) electrons. The second-order valence-electron chi connectivity index (χ2n) is 5.24. The Balaban J connectivity index is 2.35. The summed E-state index contributed by atoms with van der Waals surface area (Å²) in [4.78, 5) is 11.0. The van der Waals surface area contributed by atoms with E-state index in [2.05, 4.69) is 34.1 Å². The monoisotopic (exact) mass is 251 g/mol. The van der Waals surface area contributed by atoms with Crippen LogP contribution in [0.4, 0.5) is 11.6 Å². The highest BCUT2D eigenvalue weighted by molar-refractivity contribution is 5.58. The Bertz CT molecular complexity index is 446. The van der Waals surface area contributed by atoms with Gasteiger partial charge in [-0.2, -0.15) is 0 Å². The molecule has 100 valence electrons. The molecule has 0 amide bonds. The number of rotatable bonds is 2. The molecule has 1 fully saturated rings. The summed E-state index contributed by atoms with van der Waals surface area (Å²) < 4.78 is 5.72. The van der Waals surface area contributed by atoms with E-state index in [1.165, 1.54) is 0 Å². The molecule has 2 heterocycles. The third-order valence-electron chi connectivity index (χ3n) is 3.09. The molecule has 0 spiro atoms. The fraction of sp³-hybridized carbons (Fsp3) is 0.667. The number of nitrogen functional groups attached to an aromatic ring is 1. The molecule has 0 unspecified atom stereocenters. The van der Waals surface area contributed by atoms with Crippen molar-refractivity contribution in [1.82, 2.24) is 9.97 Å². The molecule has 1 aromatic rings. The Labute approximate surface area is 108 Å². The van der Waals surface area contributed by atoms with E-state index in [1.807, 2.05) is 13.8 Å². The van der Waals surface area contributed by atoms with Crippen LogP contribution in [0.25, 0.3) is 0 Å². The molecule has 3 N–H and O–H groups in total. The Kier molecular flexibility index (Phi) is 3.41. The van der Waals surface area contributed by atoms with Gasteiger partial charge in [0.2, 0.25) is 0 Å². The molecule has 0 bridgehead atoms. The summed E-state index contributed by atoms with van der Waals surface area (Å²) in [5.74, 6) is 7.82. The first-order chi connectivity index (χ1) is 8.43. The summed E-state index contributed by atoms with van der Waals surface area (Å²) in [6.07, 6.45) is 0. The van der Waals surface area contributed by atoms with Gasteiger partial charge in [-0.3, -0.25) is 0 Å². The van der Waals surface area contributed by atoms with E-state index in [0.717, 1.165) is 24.5 Å². The molecule has 0 aromatic carbocycles. The number of aryl methyl sites for hydroxylation is 1. The number of nitrogens with one attached hydrogen (secondary N) is 1. The van der Waals surface area contributed by atoms with E-state index >= 15 is 0 Å². The van der Waals surface area contributed by atoms with Gasteiger partial charge in [-0.15, -0.1) is 0 Å². The standard InChI is InChI=1S/C12H21N5O/c1-8-10(16-13)14-9(2)15-11(8)17-5-6-18-12(3,4)7-17/h5-7,13H2,1-4H3,(H,14,15,16). The number of aromatic nitrogens is 2. The van der Waals surface area contributed by atoms with Crippen LogP contribution in [-0.2, 0) is 4.74 Å². The zero-order valence-corrected chi connectivity index (χ0v) is 11.4. The minimum Gasteiger partial charge on any atom is -0.372 e. The molecule has 18 heavy (non-hydrogen) atoms. The van der Waals surface area contributed by atoms with Crippen LogP contribution in [0.3, 0.4) is 0 Å². The van der Waals surface area contributed by atoms with E-state index in [1.54, 1.807) is 0 Å². The topological polar surface area (TPSA) is 76.3 Å². The lowest BCUT2D eigenvalue weighted by Gasteiger charge is -2.39. The minimum atomic E-state index is -0.153. The minimum absolute atomic E-state index is 0.153. The summed E-state index contributed by atoms with van der Waals surface area (Å²) in [5, 5.41) is 0. The number of anilines is 2. The van der Waals surface area contributed by atoms with E-state index in [9.17, 15) is 0 Å². The lowest BCUT2D eigenvalue weighted by molar-refractivity contribution is -0.0279. The highest BCUT2D eigenvalue weighted by atomic mass is 16.5. The van der Waals surface area contributed by atoms with Crippen molar-refractivity contribution in [2.45, 2.75) is 33.3 Å². The van der Waals surface area contributed by atoms with Gasteiger partial charge >= 0.3 is 0 Å². The lowest BCUT2D eigenvalue weighted by atomic mass is 10.1. The summed E-state index contributed by atoms with van der Waals surface area (Å²) in [6.45, 7) is 10.4. The number of hydrogen-bond donors (Lipinski definition) is 2. The summed E-state index contributed by atoms with van der Waals surface area (Å²) in [6, 6.07) is 0. The van der Waals surface area contributed by atoms with Crippen LogP contribution in [0.2, 0.25) is 0 Å². The molecule has 1 aliphatic heterocycles. The second-order valence-corrected chi connectivity index (χ2v) is 5.24. The number of morpholine rings is 1. The highest BCUT2D eigenvalue weighted by Crippen LogP contribution is 2.27. The largest absolute Gasteiger partial charge is 0.372 e. The molecular formula is C12H21N5O. The Morgan fingerprint density at radius 2 is 2.06 bits per heavy atom. The first kappa shape index (κ1) is 13.0. The predicted molar refractivity (Wildman–Crippen MR) is 71.6 cm³/mol. The van der Waals surface area contributed by atoms with Crippen LogP contribution in [0, 0.1) is 13.8 Å². The van der Waals surface area contributed by atoms with E-state index in [4.69, 9.17) is 10.6 Å². The smallest absolute Gasteiger partial charge is 0.148 e. The van der Waals surface area contributed by atoms with E-state index in [-0.39, 0.29) is 5.60 Å². The molecule has 2 rings (SSSR count). The van der Waals surface area contributed by atoms with Gasteiger partial charge in [-0.25, -0.2) is 15.8 Å². The van der Waals surface area contributed by atoms with Crippen LogP contribution >= 0.6 is 0 Å². The molecule has 6 nitrogen and oxygen atoms in total. The van der Waals surface area contributed by atoms with E-state index in [0.29, 0.717) is 18.2 Å². The first-order valence-electron chi connectivity index (χ1n) is 6.14. The molecule has 1 aromatic heterocycles.